The van der Waals surface area contributed by atoms with Gasteiger partial charge in [0.1, 0.15) is 6.04 Å². The summed E-state index contributed by atoms with van der Waals surface area (Å²) < 4.78 is 0. The van der Waals surface area contributed by atoms with Crippen molar-refractivity contribution in [3.05, 3.63) is 0 Å². The molecule has 0 saturated carbocycles. The zero-order valence-electron chi connectivity index (χ0n) is 11.5. The van der Waals surface area contributed by atoms with E-state index in [4.69, 9.17) is 5.11 Å². The summed E-state index contributed by atoms with van der Waals surface area (Å²) >= 11 is 0. The van der Waals surface area contributed by atoms with Gasteiger partial charge in [-0.05, 0) is 14.0 Å². The molecule has 0 radical (unpaired) electrons. The number of carboxylic acid groups (broad SMARTS) is 1. The SMILES string of the molecule is CC(C(=O)O)N1CCNCCN(C)CCNCC1. The summed E-state index contributed by atoms with van der Waals surface area (Å²) in [7, 11) is 2.12. The molecule has 1 aliphatic heterocycles. The fourth-order valence-corrected chi connectivity index (χ4v) is 2.00. The van der Waals surface area contributed by atoms with Gasteiger partial charge < -0.3 is 20.6 Å². The molecule has 0 aromatic rings. The summed E-state index contributed by atoms with van der Waals surface area (Å²) in [5.74, 6) is -0.748. The van der Waals surface area contributed by atoms with Gasteiger partial charge in [-0.25, -0.2) is 0 Å². The molecule has 1 unspecified atom stereocenters. The number of nitrogens with zero attached hydrogens (tertiary/aromatic N) is 2. The molecule has 0 bridgehead atoms. The Morgan fingerprint density at radius 3 is 1.94 bits per heavy atom. The van der Waals surface area contributed by atoms with Crippen LogP contribution in [0.1, 0.15) is 6.92 Å². The average molecular weight is 258 g/mol. The van der Waals surface area contributed by atoms with Crippen LogP contribution in [0.3, 0.4) is 0 Å². The molecule has 1 atom stereocenters. The Bertz CT molecular complexity index is 236. The van der Waals surface area contributed by atoms with Crippen molar-refractivity contribution >= 4 is 5.97 Å². The minimum Gasteiger partial charge on any atom is -0.480 e. The first-order valence-electron chi connectivity index (χ1n) is 6.68. The fourth-order valence-electron chi connectivity index (χ4n) is 2.00. The van der Waals surface area contributed by atoms with Crippen LogP contribution in [0.2, 0.25) is 0 Å². The van der Waals surface area contributed by atoms with Crippen LogP contribution in [-0.2, 0) is 4.79 Å². The number of aliphatic carboxylic acids is 1. The van der Waals surface area contributed by atoms with Gasteiger partial charge in [0.15, 0.2) is 0 Å². The number of likely N-dealkylation sites (N-methyl/N-ethyl adjacent to an activating group) is 1. The van der Waals surface area contributed by atoms with Gasteiger partial charge in [-0.1, -0.05) is 0 Å². The van der Waals surface area contributed by atoms with Crippen molar-refractivity contribution in [1.82, 2.24) is 20.4 Å². The molecule has 0 aromatic carbocycles. The normalized spacial score (nSPS) is 23.9. The molecule has 106 valence electrons. The second kappa shape index (κ2) is 8.42. The van der Waals surface area contributed by atoms with E-state index in [1.54, 1.807) is 6.92 Å². The molecule has 1 saturated heterocycles. The third-order valence-corrected chi connectivity index (χ3v) is 3.40. The van der Waals surface area contributed by atoms with E-state index in [1.165, 1.54) is 0 Å². The van der Waals surface area contributed by atoms with E-state index in [-0.39, 0.29) is 0 Å². The van der Waals surface area contributed by atoms with E-state index in [1.807, 2.05) is 4.90 Å². The third kappa shape index (κ3) is 5.77. The number of hydrogen-bond acceptors (Lipinski definition) is 5. The highest BCUT2D eigenvalue weighted by Gasteiger charge is 2.19. The molecule has 1 heterocycles. The Balaban J connectivity index is 2.42. The first-order chi connectivity index (χ1) is 8.61. The molecule has 18 heavy (non-hydrogen) atoms. The Hall–Kier alpha value is -0.690. The Morgan fingerprint density at radius 2 is 1.50 bits per heavy atom. The van der Waals surface area contributed by atoms with Crippen LogP contribution in [0.25, 0.3) is 0 Å². The smallest absolute Gasteiger partial charge is 0.320 e. The van der Waals surface area contributed by atoms with Gasteiger partial charge in [-0.2, -0.15) is 0 Å². The molecule has 1 fully saturated rings. The molecule has 1 rings (SSSR count). The van der Waals surface area contributed by atoms with Gasteiger partial charge in [0.25, 0.3) is 0 Å². The standard InChI is InChI=1S/C12H26N4O2/c1-11(12(17)18)16-9-5-13-3-7-15(2)8-4-14-6-10-16/h11,13-14H,3-10H2,1-2H3,(H,17,18). The molecule has 0 aromatic heterocycles. The summed E-state index contributed by atoms with van der Waals surface area (Å²) in [5, 5.41) is 15.8. The van der Waals surface area contributed by atoms with Gasteiger partial charge in [-0.3, -0.25) is 9.69 Å². The lowest BCUT2D eigenvalue weighted by Crippen LogP contribution is -2.47. The molecule has 0 aliphatic carbocycles. The largest absolute Gasteiger partial charge is 0.480 e. The Kier molecular flexibility index (Phi) is 7.19. The predicted octanol–water partition coefficient (Wildman–Crippen LogP) is -1.11. The van der Waals surface area contributed by atoms with Crippen molar-refractivity contribution in [1.29, 1.82) is 0 Å². The maximum atomic E-state index is 11.0. The Labute approximate surface area is 109 Å². The molecular weight excluding hydrogens is 232 g/mol. The predicted molar refractivity (Wildman–Crippen MR) is 71.9 cm³/mol. The minimum absolute atomic E-state index is 0.417. The van der Waals surface area contributed by atoms with E-state index in [2.05, 4.69) is 22.6 Å². The number of rotatable bonds is 2. The van der Waals surface area contributed by atoms with E-state index in [0.717, 1.165) is 52.4 Å². The summed E-state index contributed by atoms with van der Waals surface area (Å²) in [6.45, 7) is 8.93. The van der Waals surface area contributed by atoms with Crippen molar-refractivity contribution in [2.24, 2.45) is 0 Å². The summed E-state index contributed by atoms with van der Waals surface area (Å²) in [5.41, 5.74) is 0. The molecule has 0 amide bonds. The maximum Gasteiger partial charge on any atom is 0.320 e. The molecule has 0 spiro atoms. The van der Waals surface area contributed by atoms with E-state index < -0.39 is 12.0 Å². The topological polar surface area (TPSA) is 67.8 Å². The number of hydrogen-bond donors (Lipinski definition) is 3. The molecule has 1 aliphatic rings. The Morgan fingerprint density at radius 1 is 1.06 bits per heavy atom. The highest BCUT2D eigenvalue weighted by Crippen LogP contribution is 1.98. The van der Waals surface area contributed by atoms with Crippen LogP contribution < -0.4 is 10.6 Å². The van der Waals surface area contributed by atoms with Crippen molar-refractivity contribution in [2.45, 2.75) is 13.0 Å². The van der Waals surface area contributed by atoms with Crippen molar-refractivity contribution in [3.8, 4) is 0 Å². The monoisotopic (exact) mass is 258 g/mol. The van der Waals surface area contributed by atoms with Crippen LogP contribution in [-0.4, -0.2) is 86.3 Å². The highest BCUT2D eigenvalue weighted by molar-refractivity contribution is 5.72. The van der Waals surface area contributed by atoms with Crippen LogP contribution >= 0.6 is 0 Å². The summed E-state index contributed by atoms with van der Waals surface area (Å²) in [4.78, 5) is 15.3. The minimum atomic E-state index is -0.748. The van der Waals surface area contributed by atoms with Gasteiger partial charge in [0.05, 0.1) is 0 Å². The van der Waals surface area contributed by atoms with Crippen molar-refractivity contribution in [2.75, 3.05) is 59.4 Å². The number of nitrogens with one attached hydrogen (secondary N) is 2. The molecule has 6 heteroatoms. The van der Waals surface area contributed by atoms with Crippen molar-refractivity contribution < 1.29 is 9.90 Å². The lowest BCUT2D eigenvalue weighted by molar-refractivity contribution is -0.142. The number of carbonyl (C=O) groups is 1. The lowest BCUT2D eigenvalue weighted by Gasteiger charge is -2.27. The molecular formula is C12H26N4O2. The highest BCUT2D eigenvalue weighted by atomic mass is 16.4. The van der Waals surface area contributed by atoms with E-state index in [9.17, 15) is 4.79 Å². The van der Waals surface area contributed by atoms with Crippen LogP contribution in [0.5, 0.6) is 0 Å². The second-order valence-electron chi connectivity index (χ2n) is 4.85. The zero-order chi connectivity index (χ0) is 13.4. The third-order valence-electron chi connectivity index (χ3n) is 3.40. The fraction of sp³-hybridized carbons (Fsp3) is 0.917. The van der Waals surface area contributed by atoms with Gasteiger partial charge in [0, 0.05) is 52.4 Å². The second-order valence-corrected chi connectivity index (χ2v) is 4.85. The van der Waals surface area contributed by atoms with Crippen LogP contribution in [0, 0.1) is 0 Å². The summed E-state index contributed by atoms with van der Waals surface area (Å²) in [6.07, 6.45) is 0. The van der Waals surface area contributed by atoms with Crippen LogP contribution in [0.4, 0.5) is 0 Å². The van der Waals surface area contributed by atoms with E-state index >= 15 is 0 Å². The maximum absolute atomic E-state index is 11.0. The van der Waals surface area contributed by atoms with Crippen molar-refractivity contribution in [3.63, 3.8) is 0 Å². The summed E-state index contributed by atoms with van der Waals surface area (Å²) in [6, 6.07) is -0.417. The van der Waals surface area contributed by atoms with E-state index in [0.29, 0.717) is 0 Å². The first kappa shape index (κ1) is 15.4. The zero-order valence-corrected chi connectivity index (χ0v) is 11.5. The van der Waals surface area contributed by atoms with Gasteiger partial charge >= 0.3 is 5.97 Å². The average Bonchev–Trinajstić information content (AvgIpc) is 2.32. The molecule has 6 nitrogen and oxygen atoms in total. The van der Waals surface area contributed by atoms with Gasteiger partial charge in [0.2, 0.25) is 0 Å². The lowest BCUT2D eigenvalue weighted by atomic mass is 10.2. The first-order valence-corrected chi connectivity index (χ1v) is 6.68. The van der Waals surface area contributed by atoms with Gasteiger partial charge in [-0.15, -0.1) is 0 Å². The van der Waals surface area contributed by atoms with Crippen LogP contribution in [0.15, 0.2) is 0 Å². The number of carboxylic acids is 1. The quantitative estimate of drug-likeness (QED) is 0.583. The molecule has 3 N–H and O–H groups in total.